The number of hydrogen-bond acceptors (Lipinski definition) is 7. The molecule has 2 heterocycles. The van der Waals surface area contributed by atoms with Crippen molar-refractivity contribution in [2.45, 2.75) is 20.3 Å². The number of thiophene rings is 1. The van der Waals surface area contributed by atoms with Crippen molar-refractivity contribution in [1.82, 2.24) is 14.8 Å². The molecule has 2 aromatic carbocycles. The Bertz CT molecular complexity index is 1480. The van der Waals surface area contributed by atoms with Crippen LogP contribution >= 0.6 is 22.9 Å². The van der Waals surface area contributed by atoms with Gasteiger partial charge in [0.25, 0.3) is 5.91 Å². The monoisotopic (exact) mass is 522 g/mol. The second kappa shape index (κ2) is 10.4. The first-order valence-corrected chi connectivity index (χ1v) is 12.3. The van der Waals surface area contributed by atoms with Crippen molar-refractivity contribution in [1.29, 1.82) is 0 Å². The third-order valence-corrected chi connectivity index (χ3v) is 7.22. The molecule has 4 aromatic rings. The van der Waals surface area contributed by atoms with E-state index in [4.69, 9.17) is 16.3 Å². The second-order valence-corrected chi connectivity index (χ2v) is 9.44. The van der Waals surface area contributed by atoms with Crippen LogP contribution in [0.4, 0.5) is 5.95 Å². The molecule has 2 aromatic heterocycles. The molecule has 1 amide bonds. The summed E-state index contributed by atoms with van der Waals surface area (Å²) in [4.78, 5) is 41.1. The molecule has 184 valence electrons. The maximum absolute atomic E-state index is 13.5. The van der Waals surface area contributed by atoms with Crippen LogP contribution in [0.15, 0.2) is 54.6 Å². The molecule has 8 nitrogen and oxygen atoms in total. The number of nitrogens with zero attached hydrogens (tertiary/aromatic N) is 4. The van der Waals surface area contributed by atoms with E-state index in [0.29, 0.717) is 27.0 Å². The summed E-state index contributed by atoms with van der Waals surface area (Å²) in [6.45, 7) is 3.75. The normalized spacial score (nSPS) is 10.8. The first kappa shape index (κ1) is 25.3. The van der Waals surface area contributed by atoms with Crippen LogP contribution in [0.25, 0.3) is 5.00 Å². The predicted octanol–water partition coefficient (Wildman–Crippen LogP) is 5.15. The fourth-order valence-electron chi connectivity index (χ4n) is 3.71. The number of carbonyl (C=O) groups excluding carboxylic acids is 3. The zero-order valence-corrected chi connectivity index (χ0v) is 21.7. The Morgan fingerprint density at radius 3 is 2.44 bits per heavy atom. The van der Waals surface area contributed by atoms with Crippen LogP contribution in [0.5, 0.6) is 0 Å². The SMILES string of the molecule is CCc1cc(C(=O)c2ccccc2Cl)c(-n2c(C)nnc2N(C)C(=O)c2cccc(C(=O)OC)c2)s1. The fraction of sp³-hybridized carbons (Fsp3) is 0.192. The van der Waals surface area contributed by atoms with Gasteiger partial charge < -0.3 is 4.74 Å². The minimum Gasteiger partial charge on any atom is -0.465 e. The number of halogens is 1. The van der Waals surface area contributed by atoms with E-state index in [1.807, 2.05) is 13.0 Å². The third kappa shape index (κ3) is 4.67. The van der Waals surface area contributed by atoms with E-state index in [-0.39, 0.29) is 22.9 Å². The topological polar surface area (TPSA) is 94.4 Å². The number of rotatable bonds is 7. The molecular weight excluding hydrogens is 500 g/mol. The summed E-state index contributed by atoms with van der Waals surface area (Å²) in [6, 6.07) is 15.0. The quantitative estimate of drug-likeness (QED) is 0.246. The molecule has 10 heteroatoms. The van der Waals surface area contributed by atoms with Gasteiger partial charge in [0.05, 0.1) is 23.3 Å². The van der Waals surface area contributed by atoms with Gasteiger partial charge in [-0.15, -0.1) is 21.5 Å². The summed E-state index contributed by atoms with van der Waals surface area (Å²) in [5, 5.41) is 9.38. The molecule has 0 saturated carbocycles. The van der Waals surface area contributed by atoms with Crippen LogP contribution in [-0.4, -0.2) is 46.6 Å². The number of hydrogen-bond donors (Lipinski definition) is 0. The van der Waals surface area contributed by atoms with Crippen LogP contribution in [0.3, 0.4) is 0 Å². The second-order valence-electron chi connectivity index (χ2n) is 7.91. The Hall–Kier alpha value is -3.82. The lowest BCUT2D eigenvalue weighted by Crippen LogP contribution is -2.29. The van der Waals surface area contributed by atoms with Crippen LogP contribution < -0.4 is 4.90 Å². The lowest BCUT2D eigenvalue weighted by molar-refractivity contribution is 0.0600. The number of benzene rings is 2. The van der Waals surface area contributed by atoms with Gasteiger partial charge >= 0.3 is 5.97 Å². The average Bonchev–Trinajstić information content (AvgIpc) is 3.50. The van der Waals surface area contributed by atoms with E-state index in [1.54, 1.807) is 61.0 Å². The van der Waals surface area contributed by atoms with Crippen molar-refractivity contribution in [2.75, 3.05) is 19.1 Å². The van der Waals surface area contributed by atoms with Crippen LogP contribution in [-0.2, 0) is 11.2 Å². The molecule has 0 bridgehead atoms. The molecule has 36 heavy (non-hydrogen) atoms. The predicted molar refractivity (Wildman–Crippen MR) is 139 cm³/mol. The van der Waals surface area contributed by atoms with E-state index in [2.05, 4.69) is 10.2 Å². The number of amides is 1. The number of aryl methyl sites for hydroxylation is 2. The Kier molecular flexibility index (Phi) is 7.32. The van der Waals surface area contributed by atoms with Gasteiger partial charge in [0, 0.05) is 23.1 Å². The molecule has 0 N–H and O–H groups in total. The van der Waals surface area contributed by atoms with Crippen molar-refractivity contribution in [3.8, 4) is 5.00 Å². The minimum absolute atomic E-state index is 0.231. The van der Waals surface area contributed by atoms with E-state index in [1.165, 1.54) is 29.4 Å². The lowest BCUT2D eigenvalue weighted by Gasteiger charge is -2.18. The van der Waals surface area contributed by atoms with Crippen molar-refractivity contribution in [2.24, 2.45) is 0 Å². The summed E-state index contributed by atoms with van der Waals surface area (Å²) in [7, 11) is 2.85. The standard InChI is InChI=1S/C26H23ClN4O4S/c1-5-18-14-20(22(32)19-11-6-7-12-21(19)27)24(36-18)31-15(2)28-29-26(31)30(3)23(33)16-9-8-10-17(13-16)25(34)35-4/h6-14H,5H2,1-4H3. The summed E-state index contributed by atoms with van der Waals surface area (Å²) in [5.41, 5.74) is 1.37. The summed E-state index contributed by atoms with van der Waals surface area (Å²) in [5.74, 6) is -0.435. The van der Waals surface area contributed by atoms with Gasteiger partial charge in [-0.05, 0) is 49.7 Å². The maximum Gasteiger partial charge on any atom is 0.337 e. The molecule has 0 aliphatic rings. The van der Waals surface area contributed by atoms with Gasteiger partial charge in [0.1, 0.15) is 10.8 Å². The van der Waals surface area contributed by atoms with Crippen molar-refractivity contribution >= 4 is 46.5 Å². The van der Waals surface area contributed by atoms with E-state index in [0.717, 1.165) is 11.3 Å². The summed E-state index contributed by atoms with van der Waals surface area (Å²) < 4.78 is 6.45. The van der Waals surface area contributed by atoms with Gasteiger partial charge in [-0.1, -0.05) is 36.7 Å². The van der Waals surface area contributed by atoms with Crippen LogP contribution in [0.1, 0.15) is 54.3 Å². The Labute approximate surface area is 217 Å². The lowest BCUT2D eigenvalue weighted by atomic mass is 10.0. The van der Waals surface area contributed by atoms with Gasteiger partial charge in [-0.3, -0.25) is 19.1 Å². The van der Waals surface area contributed by atoms with Gasteiger partial charge in [-0.25, -0.2) is 4.79 Å². The highest BCUT2D eigenvalue weighted by atomic mass is 35.5. The molecule has 4 rings (SSSR count). The fourth-order valence-corrected chi connectivity index (χ4v) is 5.07. The van der Waals surface area contributed by atoms with E-state index < -0.39 is 11.9 Å². The van der Waals surface area contributed by atoms with Gasteiger partial charge in [0.2, 0.25) is 5.95 Å². The summed E-state index contributed by atoms with van der Waals surface area (Å²) in [6.07, 6.45) is 0.721. The van der Waals surface area contributed by atoms with Gasteiger partial charge in [0.15, 0.2) is 5.78 Å². The Morgan fingerprint density at radius 1 is 1.03 bits per heavy atom. The summed E-state index contributed by atoms with van der Waals surface area (Å²) >= 11 is 7.75. The molecule has 0 aliphatic heterocycles. The smallest absolute Gasteiger partial charge is 0.337 e. The number of esters is 1. The molecule has 0 fully saturated rings. The highest BCUT2D eigenvalue weighted by Crippen LogP contribution is 2.34. The molecule has 0 radical (unpaired) electrons. The highest BCUT2D eigenvalue weighted by molar-refractivity contribution is 7.15. The molecule has 0 saturated heterocycles. The van der Waals surface area contributed by atoms with Gasteiger partial charge in [-0.2, -0.15) is 0 Å². The molecule has 0 aliphatic carbocycles. The maximum atomic E-state index is 13.5. The molecule has 0 unspecified atom stereocenters. The van der Waals surface area contributed by atoms with Crippen LogP contribution in [0.2, 0.25) is 5.02 Å². The number of carbonyl (C=O) groups is 3. The van der Waals surface area contributed by atoms with Crippen molar-refractivity contribution < 1.29 is 19.1 Å². The van der Waals surface area contributed by atoms with Crippen molar-refractivity contribution in [3.05, 3.63) is 92.6 Å². The number of ketones is 1. The Morgan fingerprint density at radius 2 is 1.75 bits per heavy atom. The zero-order valence-electron chi connectivity index (χ0n) is 20.1. The van der Waals surface area contributed by atoms with E-state index in [9.17, 15) is 14.4 Å². The van der Waals surface area contributed by atoms with E-state index >= 15 is 0 Å². The average molecular weight is 523 g/mol. The molecule has 0 spiro atoms. The third-order valence-electron chi connectivity index (χ3n) is 5.62. The van der Waals surface area contributed by atoms with Crippen molar-refractivity contribution in [3.63, 3.8) is 0 Å². The molecular formula is C26H23ClN4O4S. The number of methoxy groups -OCH3 is 1. The largest absolute Gasteiger partial charge is 0.465 e. The Balaban J connectivity index is 1.79. The van der Waals surface area contributed by atoms with Crippen LogP contribution in [0, 0.1) is 6.92 Å². The molecule has 0 atom stereocenters. The minimum atomic E-state index is -0.542. The number of anilines is 1. The highest BCUT2D eigenvalue weighted by Gasteiger charge is 2.27. The number of ether oxygens (including phenoxy) is 1. The zero-order chi connectivity index (χ0) is 26.0. The number of aromatic nitrogens is 3. The first-order chi connectivity index (χ1) is 17.3. The first-order valence-electron chi connectivity index (χ1n) is 11.1.